The lowest BCUT2D eigenvalue weighted by Gasteiger charge is -2.20. The number of ether oxygens (including phenoxy) is 4. The van der Waals surface area contributed by atoms with Crippen molar-refractivity contribution in [2.24, 2.45) is 0 Å². The maximum atomic E-state index is 10.8. The number of nitrogens with one attached hydrogen (secondary N) is 2. The third-order valence-corrected chi connectivity index (χ3v) is 14.0. The molecule has 78 heavy (non-hydrogen) atoms. The molecule has 404 valence electrons. The van der Waals surface area contributed by atoms with Gasteiger partial charge in [-0.2, -0.15) is 0 Å². The summed E-state index contributed by atoms with van der Waals surface area (Å²) in [5.41, 5.74) is 9.63. The third-order valence-electron chi connectivity index (χ3n) is 14.0. The van der Waals surface area contributed by atoms with E-state index in [2.05, 4.69) is 52.0 Å². The fraction of sp³-hybridized carbons (Fsp3) is 0.279. The van der Waals surface area contributed by atoms with Crippen LogP contribution >= 0.6 is 0 Å². The van der Waals surface area contributed by atoms with Crippen molar-refractivity contribution in [3.63, 3.8) is 0 Å². The van der Waals surface area contributed by atoms with E-state index in [1.807, 2.05) is 133 Å². The molecule has 0 bridgehead atoms. The summed E-state index contributed by atoms with van der Waals surface area (Å²) < 4.78 is 27.2. The Balaban J connectivity index is 0.000000185. The number of nitrogens with zero attached hydrogens (tertiary/aromatic N) is 4. The lowest BCUT2D eigenvalue weighted by molar-refractivity contribution is -0.0499. The van der Waals surface area contributed by atoms with Crippen LogP contribution in [-0.4, -0.2) is 118 Å². The van der Waals surface area contributed by atoms with E-state index < -0.39 is 62.3 Å². The molecule has 0 spiro atoms. The Morgan fingerprint density at radius 2 is 0.949 bits per heavy atom. The smallest absolute Gasteiger partial charge is 0.206 e. The Morgan fingerprint density at radius 3 is 1.46 bits per heavy atom. The van der Waals surface area contributed by atoms with Crippen molar-refractivity contribution in [3.8, 4) is 33.8 Å². The molecule has 7 aromatic carbocycles. The molecule has 9 N–H and O–H groups in total. The first-order valence-corrected chi connectivity index (χ1v) is 26.2. The van der Waals surface area contributed by atoms with E-state index in [9.17, 15) is 35.7 Å². The summed E-state index contributed by atoms with van der Waals surface area (Å²) in [6, 6.07) is 56.6. The van der Waals surface area contributed by atoms with Gasteiger partial charge in [0.2, 0.25) is 11.9 Å². The van der Waals surface area contributed by atoms with Crippen LogP contribution in [0.25, 0.3) is 44.3 Å². The molecule has 2 aliphatic rings. The molecule has 17 heteroatoms. The molecular formula is C61H64N6O11. The number of fused-ring (bicyclic) bond motifs is 2. The van der Waals surface area contributed by atoms with Crippen LogP contribution in [0.4, 0.5) is 11.9 Å². The molecule has 2 aromatic heterocycles. The summed E-state index contributed by atoms with van der Waals surface area (Å²) in [7, 11) is 0. The predicted octanol–water partition coefficient (Wildman–Crippen LogP) is 7.94. The van der Waals surface area contributed by atoms with Crippen molar-refractivity contribution >= 4 is 34.0 Å². The summed E-state index contributed by atoms with van der Waals surface area (Å²) in [4.78, 5) is 9.37. The number of hydrogen-bond donors (Lipinski definition) is 9. The van der Waals surface area contributed by atoms with Gasteiger partial charge in [0, 0.05) is 30.8 Å². The van der Waals surface area contributed by atoms with E-state index in [0.717, 1.165) is 63.0 Å². The summed E-state index contributed by atoms with van der Waals surface area (Å²) >= 11 is 0. The quantitative estimate of drug-likeness (QED) is 0.0330. The molecule has 2 fully saturated rings. The second-order valence-electron chi connectivity index (χ2n) is 19.3. The molecule has 0 aliphatic carbocycles. The number of aliphatic hydroxyl groups is 6. The van der Waals surface area contributed by atoms with Gasteiger partial charge in [-0.05, 0) is 77.1 Å². The van der Waals surface area contributed by atoms with Crippen LogP contribution in [0.15, 0.2) is 176 Å². The SMILES string of the molecule is OC[C@H]1O[C@@H](n2c(NCc3ccc(-c4ccccc4)c(O)c3)nc3ccccc32)[C@H](O)[C@@H]1O.OC[C@H]1O[C@@H](n2c(NCc3ccc(-c4ccccc4)c(OCCCCOCc4ccccc4)c3)nc3ccccc32)[C@H](O)[C@@H]1O. The monoisotopic (exact) mass is 1060 g/mol. The van der Waals surface area contributed by atoms with E-state index in [-0.39, 0.29) is 5.75 Å². The zero-order valence-electron chi connectivity index (χ0n) is 42.8. The molecule has 4 heterocycles. The van der Waals surface area contributed by atoms with Gasteiger partial charge in [0.15, 0.2) is 12.5 Å². The molecule has 11 rings (SSSR count). The second-order valence-corrected chi connectivity index (χ2v) is 19.3. The zero-order valence-corrected chi connectivity index (χ0v) is 42.8. The maximum Gasteiger partial charge on any atom is 0.206 e. The molecule has 0 radical (unpaired) electrons. The first kappa shape index (κ1) is 53.7. The van der Waals surface area contributed by atoms with Gasteiger partial charge in [0.25, 0.3) is 0 Å². The number of aromatic nitrogens is 4. The van der Waals surface area contributed by atoms with Crippen molar-refractivity contribution in [1.29, 1.82) is 0 Å². The van der Waals surface area contributed by atoms with Crippen LogP contribution in [0.5, 0.6) is 11.5 Å². The number of aliphatic hydroxyl groups excluding tert-OH is 6. The Labute approximate surface area is 451 Å². The highest BCUT2D eigenvalue weighted by Gasteiger charge is 2.46. The Morgan fingerprint density at radius 1 is 0.487 bits per heavy atom. The van der Waals surface area contributed by atoms with E-state index in [1.165, 1.54) is 5.56 Å². The zero-order chi connectivity index (χ0) is 54.0. The van der Waals surface area contributed by atoms with Gasteiger partial charge in [-0.3, -0.25) is 9.13 Å². The lowest BCUT2D eigenvalue weighted by atomic mass is 10.0. The Bertz CT molecular complexity index is 3360. The normalized spacial score (nSPS) is 20.9. The van der Waals surface area contributed by atoms with Crippen LogP contribution in [0, 0.1) is 0 Å². The highest BCUT2D eigenvalue weighted by atomic mass is 16.6. The topological polar surface area (TPSA) is 238 Å². The number of aromatic hydroxyl groups is 1. The fourth-order valence-electron chi connectivity index (χ4n) is 9.86. The van der Waals surface area contributed by atoms with Crippen molar-refractivity contribution in [2.45, 2.75) is 81.6 Å². The number of imidazole rings is 2. The summed E-state index contributed by atoms with van der Waals surface area (Å²) in [6.07, 6.45) is -6.73. The number of rotatable bonds is 20. The van der Waals surface area contributed by atoms with E-state index in [1.54, 1.807) is 15.2 Å². The van der Waals surface area contributed by atoms with E-state index in [0.29, 0.717) is 55.8 Å². The predicted molar refractivity (Wildman–Crippen MR) is 296 cm³/mol. The molecule has 2 saturated heterocycles. The van der Waals surface area contributed by atoms with Gasteiger partial charge >= 0.3 is 0 Å². The number of phenolic OH excluding ortho intramolecular Hbond substituents is 1. The third kappa shape index (κ3) is 12.0. The Hall–Kier alpha value is -7.68. The number of anilines is 2. The molecule has 2 aliphatic heterocycles. The highest BCUT2D eigenvalue weighted by Crippen LogP contribution is 2.38. The minimum Gasteiger partial charge on any atom is -0.507 e. The van der Waals surface area contributed by atoms with Gasteiger partial charge in [-0.1, -0.05) is 140 Å². The van der Waals surface area contributed by atoms with E-state index >= 15 is 0 Å². The highest BCUT2D eigenvalue weighted by molar-refractivity contribution is 5.80. The summed E-state index contributed by atoms with van der Waals surface area (Å²) in [5, 5.41) is 78.3. The Kier molecular flexibility index (Phi) is 17.3. The number of hydrogen-bond acceptors (Lipinski definition) is 15. The summed E-state index contributed by atoms with van der Waals surface area (Å²) in [6.45, 7) is 1.82. The van der Waals surface area contributed by atoms with Gasteiger partial charge in [0.1, 0.15) is 48.1 Å². The first-order valence-electron chi connectivity index (χ1n) is 26.2. The molecule has 9 aromatic rings. The largest absolute Gasteiger partial charge is 0.507 e. The van der Waals surface area contributed by atoms with Crippen LogP contribution in [0.3, 0.4) is 0 Å². The average molecular weight is 1060 g/mol. The van der Waals surface area contributed by atoms with Gasteiger partial charge in [0.05, 0.1) is 48.5 Å². The van der Waals surface area contributed by atoms with Crippen molar-refractivity contribution in [3.05, 3.63) is 193 Å². The van der Waals surface area contributed by atoms with Crippen molar-refractivity contribution in [1.82, 2.24) is 19.1 Å². The number of para-hydroxylation sites is 4. The van der Waals surface area contributed by atoms with E-state index in [4.69, 9.17) is 23.9 Å². The van der Waals surface area contributed by atoms with Crippen LogP contribution < -0.4 is 15.4 Å². The lowest BCUT2D eigenvalue weighted by Crippen LogP contribution is -2.33. The molecule has 0 amide bonds. The van der Waals surface area contributed by atoms with Crippen LogP contribution in [0.1, 0.15) is 42.0 Å². The molecule has 17 nitrogen and oxygen atoms in total. The average Bonchev–Trinajstić information content (AvgIpc) is 4.32. The minimum atomic E-state index is -1.23. The maximum absolute atomic E-state index is 10.8. The van der Waals surface area contributed by atoms with Crippen LogP contribution in [0.2, 0.25) is 0 Å². The van der Waals surface area contributed by atoms with Gasteiger partial charge in [-0.15, -0.1) is 0 Å². The van der Waals surface area contributed by atoms with Crippen molar-refractivity contribution < 1.29 is 54.7 Å². The van der Waals surface area contributed by atoms with Crippen LogP contribution in [-0.2, 0) is 33.9 Å². The molecular weight excluding hydrogens is 993 g/mol. The number of phenols is 1. The molecule has 0 saturated carbocycles. The first-order chi connectivity index (χ1) is 38.2. The molecule has 0 unspecified atom stereocenters. The van der Waals surface area contributed by atoms with Gasteiger partial charge in [-0.25, -0.2) is 9.97 Å². The molecule has 8 atom stereocenters. The fourth-order valence-corrected chi connectivity index (χ4v) is 9.86. The van der Waals surface area contributed by atoms with Crippen molar-refractivity contribution in [2.75, 3.05) is 37.1 Å². The van der Waals surface area contributed by atoms with Gasteiger partial charge < -0.3 is 65.3 Å². The standard InChI is InChI=1S/C36H39N3O6.C25H25N3O5/c40-23-32-33(41)34(42)35(45-32)39-30-16-8-7-15-29(30)38-36(39)37-22-26-17-18-28(27-13-5-2-6-14-27)31(21-26)44-20-10-9-19-43-24-25-11-3-1-4-12-25;29-14-21-22(31)23(32)24(33-21)28-19-9-5-4-8-18(19)27-25(28)26-13-15-10-11-17(20(30)12-15)16-6-2-1-3-7-16/h1-8,11-18,21,32-35,40-42H,9-10,19-20,22-24H2,(H,37,38);1-12,21-24,29-32H,13-14H2,(H,26,27)/t32-,33-,34-,35-;21-,22-,23-,24-/m11/s1. The number of benzene rings is 7. The summed E-state index contributed by atoms with van der Waals surface area (Å²) in [5.74, 6) is 1.90. The number of unbranched alkanes of at least 4 members (excludes halogenated alkanes) is 1. The second kappa shape index (κ2) is 25.2. The minimum absolute atomic E-state index is 0.178.